The van der Waals surface area contributed by atoms with Crippen molar-refractivity contribution in [3.05, 3.63) is 54.6 Å². The largest absolute Gasteiger partial charge is 0.338 e. The Balaban J connectivity index is 1.70. The number of amides is 1. The van der Waals surface area contributed by atoms with Crippen LogP contribution >= 0.6 is 0 Å². The molecule has 0 radical (unpaired) electrons. The zero-order valence-electron chi connectivity index (χ0n) is 13.1. The summed E-state index contributed by atoms with van der Waals surface area (Å²) >= 11 is 0. The molecule has 0 aliphatic rings. The summed E-state index contributed by atoms with van der Waals surface area (Å²) in [7, 11) is 0. The minimum absolute atomic E-state index is 0.188. The Morgan fingerprint density at radius 1 is 1.35 bits per heavy atom. The van der Waals surface area contributed by atoms with Crippen LogP contribution < -0.4 is 5.32 Å². The van der Waals surface area contributed by atoms with Gasteiger partial charge in [-0.3, -0.25) is 10.1 Å². The molecule has 0 bridgehead atoms. The Labute approximate surface area is 134 Å². The maximum atomic E-state index is 12.2. The number of aryl methyl sites for hydroxylation is 1. The predicted octanol–water partition coefficient (Wildman–Crippen LogP) is 3.30. The lowest BCUT2D eigenvalue weighted by Gasteiger charge is -2.11. The van der Waals surface area contributed by atoms with Crippen molar-refractivity contribution in [1.82, 2.24) is 14.7 Å². The molecule has 0 fully saturated rings. The van der Waals surface area contributed by atoms with Gasteiger partial charge in [0, 0.05) is 24.0 Å². The molecule has 2 aromatic heterocycles. The van der Waals surface area contributed by atoms with Crippen molar-refractivity contribution in [1.29, 1.82) is 0 Å². The van der Waals surface area contributed by atoms with Crippen molar-refractivity contribution in [2.45, 2.75) is 26.3 Å². The smallest absolute Gasteiger partial charge is 0.249 e. The molecular formula is C17H18N4O2. The number of hydrogen-bond donors (Lipinski definition) is 1. The molecule has 0 saturated carbocycles. The van der Waals surface area contributed by atoms with E-state index in [4.69, 9.17) is 4.52 Å². The maximum absolute atomic E-state index is 12.2. The Bertz CT molecular complexity index is 775. The van der Waals surface area contributed by atoms with Crippen LogP contribution in [0.15, 0.2) is 53.6 Å². The summed E-state index contributed by atoms with van der Waals surface area (Å²) in [6, 6.07) is 9.45. The molecule has 1 amide bonds. The van der Waals surface area contributed by atoms with Crippen LogP contribution in [0.4, 0.5) is 5.88 Å². The Hall–Kier alpha value is -2.89. The maximum Gasteiger partial charge on any atom is 0.249 e. The summed E-state index contributed by atoms with van der Waals surface area (Å²) in [5.41, 5.74) is 2.91. The first-order chi connectivity index (χ1) is 11.2. The van der Waals surface area contributed by atoms with Crippen LogP contribution in [0.25, 0.3) is 11.3 Å². The highest BCUT2D eigenvalue weighted by Crippen LogP contribution is 2.23. The standard InChI is InChI=1S/C17H18N4O2/c1-3-13-4-6-14(7-5-13)15-10-16(23-20-15)19-17(22)12(2)21-9-8-18-11-21/h4-12H,3H2,1-2H3,(H,19,22). The molecule has 3 aromatic rings. The van der Waals surface area contributed by atoms with E-state index in [1.807, 2.05) is 12.1 Å². The number of carbonyl (C=O) groups excluding carboxylic acids is 1. The van der Waals surface area contributed by atoms with Crippen LogP contribution in [-0.4, -0.2) is 20.6 Å². The summed E-state index contributed by atoms with van der Waals surface area (Å²) in [5, 5.41) is 6.73. The fraction of sp³-hybridized carbons (Fsp3) is 0.235. The van der Waals surface area contributed by atoms with Crippen LogP contribution in [0.1, 0.15) is 25.5 Å². The van der Waals surface area contributed by atoms with E-state index in [1.165, 1.54) is 5.56 Å². The molecule has 0 aliphatic carbocycles. The van der Waals surface area contributed by atoms with Gasteiger partial charge in [-0.1, -0.05) is 36.3 Å². The third kappa shape index (κ3) is 3.31. The molecule has 1 atom stereocenters. The second-order valence-corrected chi connectivity index (χ2v) is 5.30. The van der Waals surface area contributed by atoms with Gasteiger partial charge in [-0.25, -0.2) is 4.98 Å². The van der Waals surface area contributed by atoms with Gasteiger partial charge in [-0.2, -0.15) is 0 Å². The number of rotatable bonds is 5. The molecule has 6 nitrogen and oxygen atoms in total. The first-order valence-corrected chi connectivity index (χ1v) is 7.51. The average Bonchev–Trinajstić information content (AvgIpc) is 3.26. The molecule has 118 valence electrons. The lowest BCUT2D eigenvalue weighted by atomic mass is 10.1. The molecule has 0 saturated heterocycles. The van der Waals surface area contributed by atoms with Gasteiger partial charge >= 0.3 is 0 Å². The fourth-order valence-corrected chi connectivity index (χ4v) is 2.24. The van der Waals surface area contributed by atoms with Crippen molar-refractivity contribution >= 4 is 11.8 Å². The van der Waals surface area contributed by atoms with Crippen molar-refractivity contribution < 1.29 is 9.32 Å². The number of imidazole rings is 1. The van der Waals surface area contributed by atoms with E-state index in [1.54, 1.807) is 36.3 Å². The predicted molar refractivity (Wildman–Crippen MR) is 86.9 cm³/mol. The monoisotopic (exact) mass is 310 g/mol. The molecule has 1 aromatic carbocycles. The number of anilines is 1. The summed E-state index contributed by atoms with van der Waals surface area (Å²) in [6.07, 6.45) is 5.97. The van der Waals surface area contributed by atoms with Gasteiger partial charge in [-0.15, -0.1) is 0 Å². The van der Waals surface area contributed by atoms with Crippen LogP contribution in [0.5, 0.6) is 0 Å². The normalized spacial score (nSPS) is 12.1. The van der Waals surface area contributed by atoms with E-state index in [2.05, 4.69) is 34.5 Å². The number of hydrogen-bond acceptors (Lipinski definition) is 4. The van der Waals surface area contributed by atoms with E-state index in [-0.39, 0.29) is 11.9 Å². The zero-order valence-corrected chi connectivity index (χ0v) is 13.1. The Kier molecular flexibility index (Phi) is 4.23. The molecule has 6 heteroatoms. The minimum Gasteiger partial charge on any atom is -0.338 e. The summed E-state index contributed by atoms with van der Waals surface area (Å²) in [5.74, 6) is 0.142. The molecule has 23 heavy (non-hydrogen) atoms. The lowest BCUT2D eigenvalue weighted by molar-refractivity contribution is -0.118. The Morgan fingerprint density at radius 3 is 2.78 bits per heavy atom. The van der Waals surface area contributed by atoms with Gasteiger partial charge in [-0.05, 0) is 18.9 Å². The summed E-state index contributed by atoms with van der Waals surface area (Å²) in [6.45, 7) is 3.90. The SMILES string of the molecule is CCc1ccc(-c2cc(NC(=O)C(C)n3ccnc3)on2)cc1. The van der Waals surface area contributed by atoms with E-state index < -0.39 is 0 Å². The molecule has 3 rings (SSSR count). The second-order valence-electron chi connectivity index (χ2n) is 5.30. The average molecular weight is 310 g/mol. The fourth-order valence-electron chi connectivity index (χ4n) is 2.24. The van der Waals surface area contributed by atoms with Crippen LogP contribution in [-0.2, 0) is 11.2 Å². The topological polar surface area (TPSA) is 73.0 Å². The molecule has 2 heterocycles. The van der Waals surface area contributed by atoms with Crippen molar-refractivity contribution in [3.8, 4) is 11.3 Å². The van der Waals surface area contributed by atoms with Gasteiger partial charge in [0.15, 0.2) is 0 Å². The number of aromatic nitrogens is 3. The van der Waals surface area contributed by atoms with Crippen LogP contribution in [0.2, 0.25) is 0 Å². The highest BCUT2D eigenvalue weighted by molar-refractivity contribution is 5.92. The first kappa shape index (κ1) is 15.0. The van der Waals surface area contributed by atoms with Gasteiger partial charge in [0.1, 0.15) is 11.7 Å². The summed E-state index contributed by atoms with van der Waals surface area (Å²) < 4.78 is 6.93. The van der Waals surface area contributed by atoms with E-state index in [0.717, 1.165) is 12.0 Å². The second kappa shape index (κ2) is 6.48. The molecular weight excluding hydrogens is 292 g/mol. The molecule has 0 aliphatic heterocycles. The van der Waals surface area contributed by atoms with E-state index >= 15 is 0 Å². The molecule has 1 unspecified atom stereocenters. The summed E-state index contributed by atoms with van der Waals surface area (Å²) in [4.78, 5) is 16.1. The zero-order chi connectivity index (χ0) is 16.2. The van der Waals surface area contributed by atoms with Gasteiger partial charge in [0.05, 0.1) is 6.33 Å². The molecule has 1 N–H and O–H groups in total. The molecule has 0 spiro atoms. The van der Waals surface area contributed by atoms with Gasteiger partial charge in [0.25, 0.3) is 0 Å². The van der Waals surface area contributed by atoms with Gasteiger partial charge in [0.2, 0.25) is 11.8 Å². The number of benzene rings is 1. The minimum atomic E-state index is -0.380. The highest BCUT2D eigenvalue weighted by Gasteiger charge is 2.16. The third-order valence-corrected chi connectivity index (χ3v) is 3.77. The van der Waals surface area contributed by atoms with Crippen molar-refractivity contribution in [2.75, 3.05) is 5.32 Å². The lowest BCUT2D eigenvalue weighted by Crippen LogP contribution is -2.22. The van der Waals surface area contributed by atoms with E-state index in [0.29, 0.717) is 11.6 Å². The first-order valence-electron chi connectivity index (χ1n) is 7.51. The van der Waals surface area contributed by atoms with Gasteiger partial charge < -0.3 is 9.09 Å². The van der Waals surface area contributed by atoms with Crippen LogP contribution in [0, 0.1) is 0 Å². The number of carbonyl (C=O) groups is 1. The van der Waals surface area contributed by atoms with Crippen molar-refractivity contribution in [3.63, 3.8) is 0 Å². The van der Waals surface area contributed by atoms with Crippen LogP contribution in [0.3, 0.4) is 0 Å². The third-order valence-electron chi connectivity index (χ3n) is 3.77. The number of nitrogens with one attached hydrogen (secondary N) is 1. The van der Waals surface area contributed by atoms with E-state index in [9.17, 15) is 4.79 Å². The quantitative estimate of drug-likeness (QED) is 0.784. The van der Waals surface area contributed by atoms with Crippen molar-refractivity contribution in [2.24, 2.45) is 0 Å². The Morgan fingerprint density at radius 2 is 2.13 bits per heavy atom. The highest BCUT2D eigenvalue weighted by atomic mass is 16.5. The number of nitrogens with zero attached hydrogens (tertiary/aromatic N) is 3.